The van der Waals surface area contributed by atoms with E-state index in [1.165, 1.54) is 0 Å². The topological polar surface area (TPSA) is 71.4 Å². The van der Waals surface area contributed by atoms with Gasteiger partial charge in [0.15, 0.2) is 11.6 Å². The SMILES string of the molecule is O=C(O)c1cc(S(=O)(=O)Cl)c(F)c(Cl)c1F. The molecule has 0 amide bonds. The monoisotopic (exact) mass is 290 g/mol. The van der Waals surface area contributed by atoms with E-state index in [0.29, 0.717) is 0 Å². The van der Waals surface area contributed by atoms with Crippen LogP contribution in [0, 0.1) is 11.6 Å². The molecule has 0 heterocycles. The van der Waals surface area contributed by atoms with Gasteiger partial charge in [-0.3, -0.25) is 0 Å². The molecule has 0 aliphatic rings. The standard InChI is InChI=1S/C7H2Cl2F2O4S/c8-4-5(10)2(7(12)13)1-3(6(4)11)16(9,14)15/h1H,(H,12,13). The molecular weight excluding hydrogens is 289 g/mol. The van der Waals surface area contributed by atoms with E-state index < -0.39 is 42.1 Å². The summed E-state index contributed by atoms with van der Waals surface area (Å²) in [5.41, 5.74) is -1.08. The Hall–Kier alpha value is -0.920. The van der Waals surface area contributed by atoms with Gasteiger partial charge in [-0.1, -0.05) is 11.6 Å². The zero-order valence-corrected chi connectivity index (χ0v) is 9.50. The molecule has 0 saturated carbocycles. The average Bonchev–Trinajstić information content (AvgIpc) is 2.11. The van der Waals surface area contributed by atoms with Crippen LogP contribution in [0.4, 0.5) is 8.78 Å². The lowest BCUT2D eigenvalue weighted by atomic mass is 10.2. The normalized spacial score (nSPS) is 11.5. The van der Waals surface area contributed by atoms with Crippen LogP contribution in [-0.2, 0) is 9.05 Å². The van der Waals surface area contributed by atoms with Gasteiger partial charge in [0.25, 0.3) is 9.05 Å². The summed E-state index contributed by atoms with van der Waals surface area (Å²) in [7, 11) is 0.277. The third kappa shape index (κ3) is 2.26. The van der Waals surface area contributed by atoms with Gasteiger partial charge in [0.2, 0.25) is 0 Å². The highest BCUT2D eigenvalue weighted by atomic mass is 35.7. The van der Waals surface area contributed by atoms with Crippen LogP contribution in [0.15, 0.2) is 11.0 Å². The number of carboxylic acid groups (broad SMARTS) is 1. The molecule has 0 radical (unpaired) electrons. The zero-order valence-electron chi connectivity index (χ0n) is 7.17. The largest absolute Gasteiger partial charge is 0.478 e. The van der Waals surface area contributed by atoms with Gasteiger partial charge in [0.05, 0.1) is 5.56 Å². The first kappa shape index (κ1) is 13.1. The van der Waals surface area contributed by atoms with Crippen LogP contribution in [0.25, 0.3) is 0 Å². The fraction of sp³-hybridized carbons (Fsp3) is 0. The van der Waals surface area contributed by atoms with Crippen molar-refractivity contribution in [3.63, 3.8) is 0 Å². The number of rotatable bonds is 2. The van der Waals surface area contributed by atoms with E-state index in [9.17, 15) is 22.0 Å². The lowest BCUT2D eigenvalue weighted by Crippen LogP contribution is -2.07. The van der Waals surface area contributed by atoms with Crippen molar-refractivity contribution in [1.82, 2.24) is 0 Å². The Labute approximate surface area is 97.8 Å². The first-order valence-corrected chi connectivity index (χ1v) is 6.20. The highest BCUT2D eigenvalue weighted by molar-refractivity contribution is 8.13. The van der Waals surface area contributed by atoms with Gasteiger partial charge in [-0.05, 0) is 6.07 Å². The van der Waals surface area contributed by atoms with Crippen LogP contribution in [0.5, 0.6) is 0 Å². The minimum absolute atomic E-state index is 0.265. The number of hydrogen-bond acceptors (Lipinski definition) is 3. The summed E-state index contributed by atoms with van der Waals surface area (Å²) in [6, 6.07) is 0.265. The molecule has 0 bridgehead atoms. The molecule has 0 saturated heterocycles. The van der Waals surface area contributed by atoms with Crippen molar-refractivity contribution >= 4 is 37.3 Å². The quantitative estimate of drug-likeness (QED) is 0.670. The molecule has 4 nitrogen and oxygen atoms in total. The lowest BCUT2D eigenvalue weighted by Gasteiger charge is -2.05. The summed E-state index contributed by atoms with van der Waals surface area (Å²) in [6.45, 7) is 0. The number of aromatic carboxylic acids is 1. The smallest absolute Gasteiger partial charge is 0.338 e. The van der Waals surface area contributed by atoms with Crippen molar-refractivity contribution in [2.75, 3.05) is 0 Å². The van der Waals surface area contributed by atoms with Gasteiger partial charge >= 0.3 is 5.97 Å². The van der Waals surface area contributed by atoms with E-state index in [1.807, 2.05) is 0 Å². The van der Waals surface area contributed by atoms with Crippen LogP contribution in [0.2, 0.25) is 5.02 Å². The van der Waals surface area contributed by atoms with Gasteiger partial charge in [0, 0.05) is 10.7 Å². The second-order valence-corrected chi connectivity index (χ2v) is 5.52. The highest BCUT2D eigenvalue weighted by Crippen LogP contribution is 2.30. The number of hydrogen-bond donors (Lipinski definition) is 1. The summed E-state index contributed by atoms with van der Waals surface area (Å²) in [5.74, 6) is -4.98. The Morgan fingerprint density at radius 3 is 2.19 bits per heavy atom. The van der Waals surface area contributed by atoms with Gasteiger partial charge < -0.3 is 5.11 Å². The van der Waals surface area contributed by atoms with Crippen LogP contribution in [-0.4, -0.2) is 19.5 Å². The molecule has 0 unspecified atom stereocenters. The predicted molar refractivity (Wildman–Crippen MR) is 51.4 cm³/mol. The van der Waals surface area contributed by atoms with Crippen molar-refractivity contribution in [2.45, 2.75) is 4.90 Å². The fourth-order valence-corrected chi connectivity index (χ4v) is 2.08. The maximum atomic E-state index is 13.2. The first-order chi connectivity index (χ1) is 7.16. The third-order valence-corrected chi connectivity index (χ3v) is 3.26. The van der Waals surface area contributed by atoms with E-state index >= 15 is 0 Å². The maximum absolute atomic E-state index is 13.2. The van der Waals surface area contributed by atoms with Gasteiger partial charge in [-0.25, -0.2) is 22.0 Å². The lowest BCUT2D eigenvalue weighted by molar-refractivity contribution is 0.0691. The molecule has 1 aromatic rings. The van der Waals surface area contributed by atoms with Gasteiger partial charge in [0.1, 0.15) is 9.92 Å². The minimum Gasteiger partial charge on any atom is -0.478 e. The molecule has 1 rings (SSSR count). The van der Waals surface area contributed by atoms with E-state index in [4.69, 9.17) is 27.4 Å². The van der Waals surface area contributed by atoms with Crippen molar-refractivity contribution < 1.29 is 27.1 Å². The van der Waals surface area contributed by atoms with Crippen LogP contribution in [0.1, 0.15) is 10.4 Å². The molecule has 16 heavy (non-hydrogen) atoms. The minimum atomic E-state index is -4.55. The van der Waals surface area contributed by atoms with E-state index in [1.54, 1.807) is 0 Å². The highest BCUT2D eigenvalue weighted by Gasteiger charge is 2.26. The Balaban J connectivity index is 3.74. The summed E-state index contributed by atoms with van der Waals surface area (Å²) < 4.78 is 48.0. The Morgan fingerprint density at radius 2 is 1.81 bits per heavy atom. The Morgan fingerprint density at radius 1 is 1.31 bits per heavy atom. The molecule has 1 N–H and O–H groups in total. The van der Waals surface area contributed by atoms with Crippen molar-refractivity contribution in [2.24, 2.45) is 0 Å². The molecule has 88 valence electrons. The van der Waals surface area contributed by atoms with Crippen molar-refractivity contribution in [1.29, 1.82) is 0 Å². The molecule has 0 spiro atoms. The molecule has 0 aliphatic carbocycles. The molecule has 0 aliphatic heterocycles. The van der Waals surface area contributed by atoms with Crippen LogP contribution >= 0.6 is 22.3 Å². The van der Waals surface area contributed by atoms with Gasteiger partial charge in [-0.15, -0.1) is 0 Å². The van der Waals surface area contributed by atoms with Gasteiger partial charge in [-0.2, -0.15) is 0 Å². The van der Waals surface area contributed by atoms with E-state index in [0.717, 1.165) is 0 Å². The summed E-state index contributed by atoms with van der Waals surface area (Å²) >= 11 is 5.10. The second kappa shape index (κ2) is 4.15. The molecule has 0 fully saturated rings. The Bertz CT molecular complexity index is 570. The fourth-order valence-electron chi connectivity index (χ4n) is 0.914. The average molecular weight is 291 g/mol. The van der Waals surface area contributed by atoms with Crippen molar-refractivity contribution in [3.05, 3.63) is 28.3 Å². The van der Waals surface area contributed by atoms with E-state index in [2.05, 4.69) is 0 Å². The number of halogens is 4. The molecule has 0 atom stereocenters. The predicted octanol–water partition coefficient (Wildman–Crippen LogP) is 2.24. The molecule has 9 heteroatoms. The van der Waals surface area contributed by atoms with E-state index in [-0.39, 0.29) is 6.07 Å². The zero-order chi connectivity index (χ0) is 12.7. The Kier molecular flexibility index (Phi) is 3.41. The molecular formula is C7H2Cl2F2O4S. The third-order valence-electron chi connectivity index (χ3n) is 1.61. The number of carbonyl (C=O) groups is 1. The van der Waals surface area contributed by atoms with Crippen molar-refractivity contribution in [3.8, 4) is 0 Å². The molecule has 0 aromatic heterocycles. The molecule has 1 aromatic carbocycles. The number of carboxylic acids is 1. The summed E-state index contributed by atoms with van der Waals surface area (Å²) in [5, 5.41) is 7.28. The summed E-state index contributed by atoms with van der Waals surface area (Å²) in [6.07, 6.45) is 0. The summed E-state index contributed by atoms with van der Waals surface area (Å²) in [4.78, 5) is 9.32. The number of benzene rings is 1. The second-order valence-electron chi connectivity index (χ2n) is 2.61. The first-order valence-electron chi connectivity index (χ1n) is 3.51. The van der Waals surface area contributed by atoms with Crippen LogP contribution in [0.3, 0.4) is 0 Å². The maximum Gasteiger partial charge on any atom is 0.338 e. The van der Waals surface area contributed by atoms with Crippen LogP contribution < -0.4 is 0 Å².